The second-order valence-electron chi connectivity index (χ2n) is 3.98. The Kier molecular flexibility index (Phi) is 5.98. The Morgan fingerprint density at radius 1 is 1.30 bits per heavy atom. The summed E-state index contributed by atoms with van der Waals surface area (Å²) in [5.74, 6) is -1.44. The SMILES string of the molecule is CC(=O)NCCNC(=O)COc1cc(C)sc1C(=O)O. The first-order valence-electron chi connectivity index (χ1n) is 5.88. The minimum atomic E-state index is -1.08. The van der Waals surface area contributed by atoms with Crippen molar-refractivity contribution in [3.05, 3.63) is 15.8 Å². The molecule has 1 rings (SSSR count). The maximum atomic E-state index is 11.5. The molecule has 0 atom stereocenters. The molecule has 7 nitrogen and oxygen atoms in total. The van der Waals surface area contributed by atoms with Gasteiger partial charge < -0.3 is 20.5 Å². The molecular formula is C12H16N2O5S. The number of nitrogens with one attached hydrogen (secondary N) is 2. The van der Waals surface area contributed by atoms with Crippen LogP contribution in [0, 0.1) is 6.92 Å². The molecule has 0 aliphatic carbocycles. The standard InChI is InChI=1S/C12H16N2O5S/c1-7-5-9(11(20-7)12(17)18)19-6-10(16)14-4-3-13-8(2)15/h5H,3-4,6H2,1-2H3,(H,13,15)(H,14,16)(H,17,18). The van der Waals surface area contributed by atoms with Crippen molar-refractivity contribution in [2.75, 3.05) is 19.7 Å². The van der Waals surface area contributed by atoms with Crippen molar-refractivity contribution in [3.63, 3.8) is 0 Å². The first kappa shape index (κ1) is 16.0. The van der Waals surface area contributed by atoms with Crippen LogP contribution in [0.1, 0.15) is 21.5 Å². The normalized spacial score (nSPS) is 9.90. The lowest BCUT2D eigenvalue weighted by Crippen LogP contribution is -2.36. The fraction of sp³-hybridized carbons (Fsp3) is 0.417. The van der Waals surface area contributed by atoms with E-state index in [4.69, 9.17) is 9.84 Å². The van der Waals surface area contributed by atoms with Crippen molar-refractivity contribution in [3.8, 4) is 5.75 Å². The average molecular weight is 300 g/mol. The third-order valence-corrected chi connectivity index (χ3v) is 3.22. The molecule has 0 bridgehead atoms. The van der Waals surface area contributed by atoms with Crippen molar-refractivity contribution in [1.29, 1.82) is 0 Å². The number of carbonyl (C=O) groups excluding carboxylic acids is 2. The number of ether oxygens (including phenoxy) is 1. The van der Waals surface area contributed by atoms with Crippen molar-refractivity contribution in [1.82, 2.24) is 10.6 Å². The molecule has 3 N–H and O–H groups in total. The third-order valence-electron chi connectivity index (χ3n) is 2.20. The number of aromatic carboxylic acids is 1. The zero-order valence-electron chi connectivity index (χ0n) is 11.2. The largest absolute Gasteiger partial charge is 0.482 e. The molecule has 2 amide bonds. The van der Waals surface area contributed by atoms with Gasteiger partial charge in [0.1, 0.15) is 5.75 Å². The zero-order chi connectivity index (χ0) is 15.1. The molecule has 8 heteroatoms. The lowest BCUT2D eigenvalue weighted by atomic mass is 10.4. The van der Waals surface area contributed by atoms with E-state index in [0.717, 1.165) is 16.2 Å². The molecule has 20 heavy (non-hydrogen) atoms. The molecule has 1 heterocycles. The topological polar surface area (TPSA) is 105 Å². The summed E-state index contributed by atoms with van der Waals surface area (Å²) in [4.78, 5) is 33.9. The second-order valence-corrected chi connectivity index (χ2v) is 5.23. The van der Waals surface area contributed by atoms with Crippen LogP contribution in [0.5, 0.6) is 5.75 Å². The van der Waals surface area contributed by atoms with E-state index in [1.807, 2.05) is 0 Å². The van der Waals surface area contributed by atoms with Crippen molar-refractivity contribution in [2.45, 2.75) is 13.8 Å². The monoisotopic (exact) mass is 300 g/mol. The number of carboxylic acids is 1. The molecule has 0 saturated carbocycles. The fourth-order valence-electron chi connectivity index (χ4n) is 1.38. The van der Waals surface area contributed by atoms with E-state index in [2.05, 4.69) is 10.6 Å². The highest BCUT2D eigenvalue weighted by atomic mass is 32.1. The fourth-order valence-corrected chi connectivity index (χ4v) is 2.18. The Morgan fingerprint density at radius 3 is 2.55 bits per heavy atom. The summed E-state index contributed by atoms with van der Waals surface area (Å²) in [7, 11) is 0. The molecule has 1 aromatic heterocycles. The number of carbonyl (C=O) groups is 3. The lowest BCUT2D eigenvalue weighted by molar-refractivity contribution is -0.123. The van der Waals surface area contributed by atoms with E-state index < -0.39 is 5.97 Å². The van der Waals surface area contributed by atoms with Gasteiger partial charge in [-0.05, 0) is 13.0 Å². The molecule has 0 saturated heterocycles. The Hall–Kier alpha value is -2.09. The summed E-state index contributed by atoms with van der Waals surface area (Å²) in [5.41, 5.74) is 0. The van der Waals surface area contributed by atoms with Crippen LogP contribution >= 0.6 is 11.3 Å². The van der Waals surface area contributed by atoms with Crippen molar-refractivity contribution in [2.24, 2.45) is 0 Å². The lowest BCUT2D eigenvalue weighted by Gasteiger charge is -2.07. The maximum Gasteiger partial charge on any atom is 0.349 e. The Bertz CT molecular complexity index is 512. The van der Waals surface area contributed by atoms with E-state index >= 15 is 0 Å². The predicted molar refractivity (Wildman–Crippen MR) is 73.2 cm³/mol. The smallest absolute Gasteiger partial charge is 0.349 e. The number of rotatable bonds is 7. The Morgan fingerprint density at radius 2 is 1.95 bits per heavy atom. The quantitative estimate of drug-likeness (QED) is 0.632. The van der Waals surface area contributed by atoms with Gasteiger partial charge in [0.15, 0.2) is 11.5 Å². The van der Waals surface area contributed by atoms with Crippen LogP contribution < -0.4 is 15.4 Å². The molecule has 0 radical (unpaired) electrons. The first-order valence-corrected chi connectivity index (χ1v) is 6.69. The summed E-state index contributed by atoms with van der Waals surface area (Å²) >= 11 is 1.10. The highest BCUT2D eigenvalue weighted by molar-refractivity contribution is 7.14. The number of amides is 2. The molecule has 0 spiro atoms. The molecule has 0 aliphatic rings. The average Bonchev–Trinajstić information content (AvgIpc) is 2.73. The van der Waals surface area contributed by atoms with Crippen LogP contribution in [0.3, 0.4) is 0 Å². The van der Waals surface area contributed by atoms with Gasteiger partial charge in [0.05, 0.1) is 0 Å². The molecule has 0 aromatic carbocycles. The van der Waals surface area contributed by atoms with Gasteiger partial charge in [-0.1, -0.05) is 0 Å². The van der Waals surface area contributed by atoms with E-state index in [0.29, 0.717) is 6.54 Å². The van der Waals surface area contributed by atoms with Gasteiger partial charge >= 0.3 is 5.97 Å². The molecular weight excluding hydrogens is 284 g/mol. The van der Waals surface area contributed by atoms with Gasteiger partial charge in [-0.3, -0.25) is 9.59 Å². The molecule has 0 fully saturated rings. The number of carboxylic acid groups (broad SMARTS) is 1. The number of hydrogen-bond acceptors (Lipinski definition) is 5. The van der Waals surface area contributed by atoms with Crippen LogP contribution in [0.2, 0.25) is 0 Å². The zero-order valence-corrected chi connectivity index (χ0v) is 12.0. The minimum Gasteiger partial charge on any atom is -0.482 e. The summed E-state index contributed by atoms with van der Waals surface area (Å²) in [6, 6.07) is 1.58. The summed E-state index contributed by atoms with van der Waals surface area (Å²) in [6.45, 7) is 3.50. The van der Waals surface area contributed by atoms with Crippen LogP contribution in [0.4, 0.5) is 0 Å². The minimum absolute atomic E-state index is 0.0774. The van der Waals surface area contributed by atoms with Crippen LogP contribution in [0.25, 0.3) is 0 Å². The van der Waals surface area contributed by atoms with Gasteiger partial charge in [-0.25, -0.2) is 4.79 Å². The third kappa shape index (κ3) is 5.27. The predicted octanol–water partition coefficient (Wildman–Crippen LogP) is 0.386. The van der Waals surface area contributed by atoms with Gasteiger partial charge in [-0.2, -0.15) is 0 Å². The second kappa shape index (κ2) is 7.49. The van der Waals surface area contributed by atoms with Gasteiger partial charge in [0.2, 0.25) is 5.91 Å². The highest BCUT2D eigenvalue weighted by Crippen LogP contribution is 2.28. The molecule has 0 unspecified atom stereocenters. The van der Waals surface area contributed by atoms with Crippen LogP contribution in [0.15, 0.2) is 6.07 Å². The van der Waals surface area contributed by atoms with Crippen molar-refractivity contribution < 1.29 is 24.2 Å². The van der Waals surface area contributed by atoms with E-state index in [1.165, 1.54) is 6.92 Å². The number of aryl methyl sites for hydroxylation is 1. The molecule has 1 aromatic rings. The summed E-state index contributed by atoms with van der Waals surface area (Å²) < 4.78 is 5.19. The summed E-state index contributed by atoms with van der Waals surface area (Å²) in [5, 5.41) is 14.0. The summed E-state index contributed by atoms with van der Waals surface area (Å²) in [6.07, 6.45) is 0. The van der Waals surface area contributed by atoms with Crippen LogP contribution in [-0.2, 0) is 9.59 Å². The van der Waals surface area contributed by atoms with Gasteiger partial charge in [0, 0.05) is 24.9 Å². The van der Waals surface area contributed by atoms with E-state index in [1.54, 1.807) is 13.0 Å². The Labute approximate surface area is 119 Å². The first-order chi connectivity index (χ1) is 9.40. The van der Waals surface area contributed by atoms with Crippen LogP contribution in [-0.4, -0.2) is 42.6 Å². The molecule has 0 aliphatic heterocycles. The molecule has 110 valence electrons. The van der Waals surface area contributed by atoms with Gasteiger partial charge in [-0.15, -0.1) is 11.3 Å². The Balaban J connectivity index is 2.37. The highest BCUT2D eigenvalue weighted by Gasteiger charge is 2.16. The van der Waals surface area contributed by atoms with Crippen molar-refractivity contribution >= 4 is 29.1 Å². The number of thiophene rings is 1. The van der Waals surface area contributed by atoms with Gasteiger partial charge in [0.25, 0.3) is 5.91 Å². The van der Waals surface area contributed by atoms with E-state index in [9.17, 15) is 14.4 Å². The maximum absolute atomic E-state index is 11.5. The van der Waals surface area contributed by atoms with E-state index in [-0.39, 0.29) is 35.6 Å². The number of hydrogen-bond donors (Lipinski definition) is 3.